The predicted molar refractivity (Wildman–Crippen MR) is 55.8 cm³/mol. The van der Waals surface area contributed by atoms with E-state index in [0.29, 0.717) is 4.97 Å². The Morgan fingerprint density at radius 1 is 1.47 bits per heavy atom. The molecule has 0 saturated carbocycles. The van der Waals surface area contributed by atoms with Gasteiger partial charge in [0, 0.05) is 0 Å². The van der Waals surface area contributed by atoms with E-state index in [1.165, 1.54) is 5.01 Å². The summed E-state index contributed by atoms with van der Waals surface area (Å²) in [5, 5.41) is 25.1. The van der Waals surface area contributed by atoms with Crippen molar-refractivity contribution in [3.05, 3.63) is 5.21 Å². The van der Waals surface area contributed by atoms with Gasteiger partial charge in [0.2, 0.25) is 5.28 Å². The van der Waals surface area contributed by atoms with E-state index in [0.717, 1.165) is 0 Å². The Kier molecular flexibility index (Phi) is 5.35. The van der Waals surface area contributed by atoms with E-state index in [2.05, 4.69) is 5.28 Å². The standard InChI is InChI=1S/C9H21N3O3/c1-8(2)15-10-12(14)11(6-7-13)9(3,4)5/h8,13H,6-7H2,1-5H3. The molecule has 0 rings (SSSR count). The number of hydrogen-bond donors (Lipinski definition) is 1. The molecule has 0 unspecified atom stereocenters. The molecule has 0 saturated heterocycles. The van der Waals surface area contributed by atoms with Gasteiger partial charge in [-0.3, -0.25) is 0 Å². The molecule has 0 aliphatic heterocycles. The van der Waals surface area contributed by atoms with E-state index in [4.69, 9.17) is 9.94 Å². The monoisotopic (exact) mass is 219 g/mol. The van der Waals surface area contributed by atoms with E-state index in [9.17, 15) is 5.21 Å². The summed E-state index contributed by atoms with van der Waals surface area (Å²) in [7, 11) is 0. The summed E-state index contributed by atoms with van der Waals surface area (Å²) in [5.41, 5.74) is -0.408. The van der Waals surface area contributed by atoms with Crippen molar-refractivity contribution in [2.45, 2.75) is 46.3 Å². The van der Waals surface area contributed by atoms with Crippen molar-refractivity contribution in [2.75, 3.05) is 13.2 Å². The van der Waals surface area contributed by atoms with Crippen LogP contribution >= 0.6 is 0 Å². The van der Waals surface area contributed by atoms with E-state index in [1.807, 2.05) is 20.8 Å². The molecule has 0 fully saturated rings. The molecule has 0 atom stereocenters. The number of hydrazine groups is 1. The lowest BCUT2D eigenvalue weighted by atomic mass is 10.1. The zero-order valence-electron chi connectivity index (χ0n) is 10.1. The molecule has 6 nitrogen and oxygen atoms in total. The van der Waals surface area contributed by atoms with Crippen LogP contribution in [0.4, 0.5) is 0 Å². The highest BCUT2D eigenvalue weighted by Gasteiger charge is 2.28. The van der Waals surface area contributed by atoms with Gasteiger partial charge in [0.25, 0.3) is 0 Å². The highest BCUT2D eigenvalue weighted by atomic mass is 16.7. The molecule has 15 heavy (non-hydrogen) atoms. The van der Waals surface area contributed by atoms with Crippen molar-refractivity contribution in [2.24, 2.45) is 5.28 Å². The molecule has 0 heterocycles. The van der Waals surface area contributed by atoms with Crippen LogP contribution in [0.25, 0.3) is 0 Å². The highest BCUT2D eigenvalue weighted by molar-refractivity contribution is 4.68. The zero-order valence-corrected chi connectivity index (χ0v) is 10.1. The van der Waals surface area contributed by atoms with E-state index in [-0.39, 0.29) is 19.3 Å². The third kappa shape index (κ3) is 5.41. The minimum absolute atomic E-state index is 0.104. The summed E-state index contributed by atoms with van der Waals surface area (Å²) in [6, 6.07) is 0. The molecule has 1 N–H and O–H groups in total. The average molecular weight is 219 g/mol. The van der Waals surface area contributed by atoms with Gasteiger partial charge < -0.3 is 15.2 Å². The van der Waals surface area contributed by atoms with Crippen LogP contribution in [0.5, 0.6) is 0 Å². The maximum absolute atomic E-state index is 11.5. The predicted octanol–water partition coefficient (Wildman–Crippen LogP) is 1.30. The van der Waals surface area contributed by atoms with Crippen LogP contribution in [0.2, 0.25) is 0 Å². The van der Waals surface area contributed by atoms with Crippen molar-refractivity contribution in [3.8, 4) is 0 Å². The normalized spacial score (nSPS) is 13.1. The SMILES string of the molecule is CC(C)ON=[N+]([O-])N(CCO)C(C)(C)C. The Labute approximate surface area is 90.7 Å². The van der Waals surface area contributed by atoms with Gasteiger partial charge in [-0.15, -0.1) is 5.01 Å². The van der Waals surface area contributed by atoms with Gasteiger partial charge in [-0.2, -0.15) is 0 Å². The van der Waals surface area contributed by atoms with Gasteiger partial charge in [-0.25, -0.2) is 0 Å². The van der Waals surface area contributed by atoms with E-state index >= 15 is 0 Å². The zero-order chi connectivity index (χ0) is 12.1. The molecule has 0 aromatic heterocycles. The van der Waals surface area contributed by atoms with Crippen molar-refractivity contribution < 1.29 is 14.9 Å². The molecule has 90 valence electrons. The number of hydrogen-bond acceptors (Lipinski definition) is 4. The quantitative estimate of drug-likeness (QED) is 0.430. The Hall–Kier alpha value is -1.04. The molecular weight excluding hydrogens is 198 g/mol. The number of nitrogens with zero attached hydrogens (tertiary/aromatic N) is 3. The smallest absolute Gasteiger partial charge is 0.233 e. The lowest BCUT2D eigenvalue weighted by molar-refractivity contribution is -0.726. The van der Waals surface area contributed by atoms with Gasteiger partial charge in [0.15, 0.2) is 0 Å². The first kappa shape index (κ1) is 14.0. The second-order valence-corrected chi connectivity index (χ2v) is 4.51. The first-order valence-corrected chi connectivity index (χ1v) is 5.01. The average Bonchev–Trinajstić information content (AvgIpc) is 2.08. The third-order valence-electron chi connectivity index (χ3n) is 1.62. The van der Waals surface area contributed by atoms with Crippen molar-refractivity contribution in [1.29, 1.82) is 0 Å². The van der Waals surface area contributed by atoms with Crippen LogP contribution in [0.1, 0.15) is 34.6 Å². The van der Waals surface area contributed by atoms with Gasteiger partial charge in [0.05, 0.1) is 17.1 Å². The molecule has 0 amide bonds. The summed E-state index contributed by atoms with van der Waals surface area (Å²) < 4.78 is 0. The van der Waals surface area contributed by atoms with Crippen molar-refractivity contribution in [1.82, 2.24) is 5.01 Å². The van der Waals surface area contributed by atoms with Crippen LogP contribution in [-0.2, 0) is 4.84 Å². The second-order valence-electron chi connectivity index (χ2n) is 4.51. The third-order valence-corrected chi connectivity index (χ3v) is 1.62. The molecule has 0 aromatic carbocycles. The lowest BCUT2D eigenvalue weighted by Crippen LogP contribution is -2.47. The first-order valence-electron chi connectivity index (χ1n) is 5.01. The maximum atomic E-state index is 11.5. The van der Waals surface area contributed by atoms with Gasteiger partial charge in [-0.05, 0) is 34.6 Å². The Morgan fingerprint density at radius 2 is 2.00 bits per heavy atom. The van der Waals surface area contributed by atoms with E-state index in [1.54, 1.807) is 13.8 Å². The van der Waals surface area contributed by atoms with Crippen LogP contribution in [0.3, 0.4) is 0 Å². The summed E-state index contributed by atoms with van der Waals surface area (Å²) in [4.78, 5) is 5.23. The summed E-state index contributed by atoms with van der Waals surface area (Å²) in [6.45, 7) is 9.26. The van der Waals surface area contributed by atoms with Crippen LogP contribution in [0.15, 0.2) is 5.28 Å². The maximum Gasteiger partial charge on any atom is 0.233 e. The summed E-state index contributed by atoms with van der Waals surface area (Å²) >= 11 is 0. The fourth-order valence-electron chi connectivity index (χ4n) is 0.951. The Morgan fingerprint density at radius 3 is 2.33 bits per heavy atom. The number of aliphatic hydroxyl groups excluding tert-OH is 1. The lowest BCUT2D eigenvalue weighted by Gasteiger charge is -2.29. The van der Waals surface area contributed by atoms with E-state index < -0.39 is 5.54 Å². The molecule has 0 radical (unpaired) electrons. The molecule has 6 heteroatoms. The van der Waals surface area contributed by atoms with Crippen LogP contribution < -0.4 is 0 Å². The molecule has 0 spiro atoms. The van der Waals surface area contributed by atoms with Crippen LogP contribution in [-0.4, -0.2) is 39.9 Å². The molecule has 0 aliphatic rings. The number of aliphatic hydroxyl groups is 1. The van der Waals surface area contributed by atoms with Gasteiger partial charge in [0.1, 0.15) is 12.6 Å². The fourth-order valence-corrected chi connectivity index (χ4v) is 0.951. The molecule has 0 aromatic rings. The first-order chi connectivity index (χ1) is 6.79. The minimum Gasteiger partial charge on any atom is -0.569 e. The fraction of sp³-hybridized carbons (Fsp3) is 1.00. The van der Waals surface area contributed by atoms with Crippen molar-refractivity contribution in [3.63, 3.8) is 0 Å². The second kappa shape index (κ2) is 5.75. The minimum atomic E-state index is -0.408. The number of β-amino-alcohol motifs (C(OH)–C–C–N with tert-alkyl or cyclic N) is 1. The Balaban J connectivity index is 4.55. The van der Waals surface area contributed by atoms with Gasteiger partial charge >= 0.3 is 0 Å². The Bertz CT molecular complexity index is 211. The highest BCUT2D eigenvalue weighted by Crippen LogP contribution is 2.13. The van der Waals surface area contributed by atoms with Crippen LogP contribution in [0, 0.1) is 5.21 Å². The largest absolute Gasteiger partial charge is 0.569 e. The molecule has 0 bridgehead atoms. The summed E-state index contributed by atoms with van der Waals surface area (Å²) in [6.07, 6.45) is -0.141. The molecule has 0 aliphatic carbocycles. The topological polar surface area (TPSA) is 71.1 Å². The van der Waals surface area contributed by atoms with Gasteiger partial charge in [-0.1, -0.05) is 0 Å². The number of rotatable bonds is 5. The van der Waals surface area contributed by atoms with Crippen molar-refractivity contribution >= 4 is 0 Å². The molecular formula is C9H21N3O3. The summed E-state index contributed by atoms with van der Waals surface area (Å²) in [5.74, 6) is 0.